The van der Waals surface area contributed by atoms with Crippen LogP contribution in [0.3, 0.4) is 0 Å². The molecule has 0 spiro atoms. The summed E-state index contributed by atoms with van der Waals surface area (Å²) in [6.07, 6.45) is 3.53. The van der Waals surface area contributed by atoms with E-state index in [0.717, 1.165) is 45.9 Å². The zero-order chi connectivity index (χ0) is 19.2. The van der Waals surface area contributed by atoms with E-state index < -0.39 is 0 Å². The highest BCUT2D eigenvalue weighted by Crippen LogP contribution is 2.25. The monoisotopic (exact) mass is 426 g/mol. The maximum absolute atomic E-state index is 4.66. The van der Waals surface area contributed by atoms with E-state index >= 15 is 0 Å². The van der Waals surface area contributed by atoms with Gasteiger partial charge in [-0.25, -0.2) is 4.98 Å². The van der Waals surface area contributed by atoms with Crippen LogP contribution in [0.25, 0.3) is 11.3 Å². The number of hydrogen-bond acceptors (Lipinski definition) is 6. The van der Waals surface area contributed by atoms with Gasteiger partial charge in [0.1, 0.15) is 5.82 Å². The summed E-state index contributed by atoms with van der Waals surface area (Å²) in [5.41, 5.74) is 3.98. The highest BCUT2D eigenvalue weighted by atomic mass is 79.9. The van der Waals surface area contributed by atoms with Crippen molar-refractivity contribution in [1.29, 1.82) is 0 Å². The second-order valence-corrected chi connectivity index (χ2v) is 7.37. The molecule has 2 heterocycles. The number of aromatic nitrogens is 3. The molecule has 0 atom stereocenters. The summed E-state index contributed by atoms with van der Waals surface area (Å²) in [5.74, 6) is 1.34. The Balaban J connectivity index is 1.90. The number of nitrogens with zero attached hydrogens (tertiary/aromatic N) is 4. The normalized spacial score (nSPS) is 10.9. The van der Waals surface area contributed by atoms with E-state index in [1.807, 2.05) is 44.4 Å². The second-order valence-electron chi connectivity index (χ2n) is 6.52. The highest BCUT2D eigenvalue weighted by molar-refractivity contribution is 9.10. The molecule has 0 amide bonds. The van der Waals surface area contributed by atoms with Crippen LogP contribution in [0.2, 0.25) is 0 Å². The quantitative estimate of drug-likeness (QED) is 0.585. The van der Waals surface area contributed by atoms with E-state index in [2.05, 4.69) is 59.4 Å². The molecule has 2 aromatic heterocycles. The number of nitrogens with one attached hydrogen (secondary N) is 2. The van der Waals surface area contributed by atoms with Crippen molar-refractivity contribution in [2.45, 2.75) is 6.92 Å². The minimum Gasteiger partial charge on any atom is -0.353 e. The largest absolute Gasteiger partial charge is 0.353 e. The van der Waals surface area contributed by atoms with Gasteiger partial charge >= 0.3 is 0 Å². The smallest absolute Gasteiger partial charge is 0.225 e. The molecule has 0 aliphatic heterocycles. The van der Waals surface area contributed by atoms with Crippen molar-refractivity contribution in [3.63, 3.8) is 0 Å². The third kappa shape index (κ3) is 5.48. The van der Waals surface area contributed by atoms with Crippen LogP contribution in [-0.4, -0.2) is 47.0 Å². The fraction of sp³-hybridized carbons (Fsp3) is 0.250. The summed E-state index contributed by atoms with van der Waals surface area (Å²) in [6.45, 7) is 3.73. The number of anilines is 3. The van der Waals surface area contributed by atoms with E-state index in [-0.39, 0.29) is 0 Å². The number of likely N-dealkylation sites (N-methyl/N-ethyl adjacent to an activating group) is 1. The summed E-state index contributed by atoms with van der Waals surface area (Å²) >= 11 is 3.54. The molecule has 2 N–H and O–H groups in total. The lowest BCUT2D eigenvalue weighted by Crippen LogP contribution is -2.21. The molecule has 0 bridgehead atoms. The van der Waals surface area contributed by atoms with Gasteiger partial charge in [0.25, 0.3) is 0 Å². The van der Waals surface area contributed by atoms with Crippen molar-refractivity contribution >= 4 is 33.4 Å². The Labute approximate surface area is 168 Å². The van der Waals surface area contributed by atoms with Gasteiger partial charge in [-0.15, -0.1) is 0 Å². The minimum absolute atomic E-state index is 0.600. The van der Waals surface area contributed by atoms with Crippen LogP contribution in [0.15, 0.2) is 53.3 Å². The van der Waals surface area contributed by atoms with Gasteiger partial charge in [-0.3, -0.25) is 4.98 Å². The lowest BCUT2D eigenvalue weighted by molar-refractivity contribution is 0.425. The minimum atomic E-state index is 0.600. The molecule has 0 fully saturated rings. The van der Waals surface area contributed by atoms with E-state index in [1.54, 1.807) is 12.4 Å². The molecule has 0 saturated carbocycles. The lowest BCUT2D eigenvalue weighted by Gasteiger charge is -2.13. The average Bonchev–Trinajstić information content (AvgIpc) is 2.65. The van der Waals surface area contributed by atoms with Crippen LogP contribution in [0.4, 0.5) is 17.5 Å². The van der Waals surface area contributed by atoms with Gasteiger partial charge in [0.15, 0.2) is 0 Å². The molecule has 7 heteroatoms. The summed E-state index contributed by atoms with van der Waals surface area (Å²) in [7, 11) is 4.08. The first-order chi connectivity index (χ1) is 13.0. The Bertz CT molecular complexity index is 898. The molecule has 140 valence electrons. The number of hydrogen-bond donors (Lipinski definition) is 2. The maximum atomic E-state index is 4.66. The molecule has 0 saturated heterocycles. The van der Waals surface area contributed by atoms with Gasteiger partial charge in [0.05, 0.1) is 5.69 Å². The summed E-state index contributed by atoms with van der Waals surface area (Å²) in [4.78, 5) is 15.5. The zero-order valence-corrected chi connectivity index (χ0v) is 17.3. The highest BCUT2D eigenvalue weighted by Gasteiger charge is 2.08. The summed E-state index contributed by atoms with van der Waals surface area (Å²) in [5, 5.41) is 6.69. The fourth-order valence-electron chi connectivity index (χ4n) is 2.52. The van der Waals surface area contributed by atoms with Crippen LogP contribution >= 0.6 is 15.9 Å². The van der Waals surface area contributed by atoms with E-state index in [1.165, 1.54) is 0 Å². The first-order valence-electron chi connectivity index (χ1n) is 8.72. The second kappa shape index (κ2) is 8.92. The standard InChI is InChI=1S/C20H23BrN6/c1-14-12-16(4-5-17(14)21)24-19-13-18(15-6-8-22-9-7-15)25-20(26-19)23-10-11-27(2)3/h4-9,12-13H,10-11H2,1-3H3,(H2,23,24,25,26). The van der Waals surface area contributed by atoms with Gasteiger partial charge in [-0.05, 0) is 56.9 Å². The molecule has 0 aliphatic rings. The molecule has 3 aromatic rings. The van der Waals surface area contributed by atoms with Crippen molar-refractivity contribution in [1.82, 2.24) is 19.9 Å². The number of pyridine rings is 1. The molecule has 27 heavy (non-hydrogen) atoms. The third-order valence-corrected chi connectivity index (χ3v) is 4.86. The summed E-state index contributed by atoms with van der Waals surface area (Å²) in [6, 6.07) is 12.0. The van der Waals surface area contributed by atoms with E-state index in [4.69, 9.17) is 0 Å². The molecule has 3 rings (SSSR count). The number of benzene rings is 1. The van der Waals surface area contributed by atoms with Gasteiger partial charge in [0, 0.05) is 47.3 Å². The molecule has 0 unspecified atom stereocenters. The van der Waals surface area contributed by atoms with Crippen molar-refractivity contribution in [3.05, 3.63) is 58.8 Å². The van der Waals surface area contributed by atoms with Crippen molar-refractivity contribution in [3.8, 4) is 11.3 Å². The Morgan fingerprint density at radius 1 is 1.04 bits per heavy atom. The number of aryl methyl sites for hydroxylation is 1. The van der Waals surface area contributed by atoms with Gasteiger partial charge < -0.3 is 15.5 Å². The third-order valence-electron chi connectivity index (χ3n) is 3.97. The van der Waals surface area contributed by atoms with Crippen molar-refractivity contribution < 1.29 is 0 Å². The van der Waals surface area contributed by atoms with E-state index in [9.17, 15) is 0 Å². The molecule has 0 radical (unpaired) electrons. The predicted octanol–water partition coefficient (Wildman–Crippen LogP) is 4.33. The van der Waals surface area contributed by atoms with Crippen molar-refractivity contribution in [2.24, 2.45) is 0 Å². The van der Waals surface area contributed by atoms with Crippen LogP contribution < -0.4 is 10.6 Å². The lowest BCUT2D eigenvalue weighted by atomic mass is 10.2. The van der Waals surface area contributed by atoms with Crippen molar-refractivity contribution in [2.75, 3.05) is 37.8 Å². The topological polar surface area (TPSA) is 66.0 Å². The Morgan fingerprint density at radius 3 is 2.52 bits per heavy atom. The van der Waals surface area contributed by atoms with Gasteiger partial charge in [0.2, 0.25) is 5.95 Å². The summed E-state index contributed by atoms with van der Waals surface area (Å²) < 4.78 is 1.08. The van der Waals surface area contributed by atoms with Crippen LogP contribution in [0.1, 0.15) is 5.56 Å². The zero-order valence-electron chi connectivity index (χ0n) is 15.7. The van der Waals surface area contributed by atoms with Crippen LogP contribution in [0, 0.1) is 6.92 Å². The fourth-order valence-corrected chi connectivity index (χ4v) is 2.77. The maximum Gasteiger partial charge on any atom is 0.225 e. The van der Waals surface area contributed by atoms with Crippen LogP contribution in [-0.2, 0) is 0 Å². The SMILES string of the molecule is Cc1cc(Nc2cc(-c3ccncc3)nc(NCCN(C)C)n2)ccc1Br. The van der Waals surface area contributed by atoms with Gasteiger partial charge in [-0.2, -0.15) is 4.98 Å². The number of rotatable bonds is 7. The van der Waals surface area contributed by atoms with E-state index in [0.29, 0.717) is 5.95 Å². The average molecular weight is 427 g/mol. The first-order valence-corrected chi connectivity index (χ1v) is 9.52. The Kier molecular flexibility index (Phi) is 6.36. The van der Waals surface area contributed by atoms with Gasteiger partial charge in [-0.1, -0.05) is 15.9 Å². The molecular weight excluding hydrogens is 404 g/mol. The Hall–Kier alpha value is -2.51. The Morgan fingerprint density at radius 2 is 1.81 bits per heavy atom. The molecular formula is C20H23BrN6. The predicted molar refractivity (Wildman–Crippen MR) is 114 cm³/mol. The first kappa shape index (κ1) is 19.3. The van der Waals surface area contributed by atoms with Crippen LogP contribution in [0.5, 0.6) is 0 Å². The molecule has 0 aliphatic carbocycles. The molecule has 1 aromatic carbocycles. The molecule has 6 nitrogen and oxygen atoms in total. The number of halogens is 1.